The van der Waals surface area contributed by atoms with Crippen LogP contribution in [0.5, 0.6) is 0 Å². The van der Waals surface area contributed by atoms with E-state index < -0.39 is 5.60 Å². The summed E-state index contributed by atoms with van der Waals surface area (Å²) in [6.07, 6.45) is 5.59. The molecule has 21 heavy (non-hydrogen) atoms. The minimum Gasteiger partial charge on any atom is -0.382 e. The van der Waals surface area contributed by atoms with Crippen molar-refractivity contribution >= 4 is 11.6 Å². The zero-order valence-electron chi connectivity index (χ0n) is 11.9. The predicted octanol–water partition coefficient (Wildman–Crippen LogP) is 0.918. The standard InChI is InChI=1S/C15H17N5O/c1-9-12(13(16)20-14(19-9)17-8-18-20)4-5-15(21)7-10-2-3-11(15)6-10/h8,10-11,21H,2-3,6-7,16H2,1H3/t10-,11+,15?/m0/s1. The zero-order valence-corrected chi connectivity index (χ0v) is 11.9. The summed E-state index contributed by atoms with van der Waals surface area (Å²) in [6.45, 7) is 1.85. The Morgan fingerprint density at radius 1 is 1.48 bits per heavy atom. The van der Waals surface area contributed by atoms with E-state index in [4.69, 9.17) is 5.73 Å². The largest absolute Gasteiger partial charge is 0.382 e. The summed E-state index contributed by atoms with van der Waals surface area (Å²) < 4.78 is 1.47. The third kappa shape index (κ3) is 1.81. The average molecular weight is 283 g/mol. The number of aromatic nitrogens is 4. The second-order valence-electron chi connectivity index (χ2n) is 6.18. The number of fused-ring (bicyclic) bond motifs is 3. The van der Waals surface area contributed by atoms with E-state index in [9.17, 15) is 5.11 Å². The molecule has 0 amide bonds. The molecule has 108 valence electrons. The van der Waals surface area contributed by atoms with E-state index in [0.29, 0.717) is 34.7 Å². The minimum absolute atomic E-state index is 0.305. The van der Waals surface area contributed by atoms with E-state index in [1.807, 2.05) is 6.92 Å². The first kappa shape index (κ1) is 12.6. The van der Waals surface area contributed by atoms with Gasteiger partial charge in [0.1, 0.15) is 17.7 Å². The summed E-state index contributed by atoms with van der Waals surface area (Å²) in [7, 11) is 0. The molecule has 0 aromatic carbocycles. The van der Waals surface area contributed by atoms with E-state index in [2.05, 4.69) is 26.9 Å². The number of aliphatic hydroxyl groups is 1. The second-order valence-corrected chi connectivity index (χ2v) is 6.18. The highest BCUT2D eigenvalue weighted by atomic mass is 16.3. The molecule has 0 spiro atoms. The van der Waals surface area contributed by atoms with Gasteiger partial charge in [0.2, 0.25) is 0 Å². The van der Waals surface area contributed by atoms with Gasteiger partial charge in [-0.25, -0.2) is 4.98 Å². The quantitative estimate of drug-likeness (QED) is 0.702. The Morgan fingerprint density at radius 3 is 3.05 bits per heavy atom. The van der Waals surface area contributed by atoms with Crippen LogP contribution < -0.4 is 5.73 Å². The topological polar surface area (TPSA) is 89.3 Å². The smallest absolute Gasteiger partial charge is 0.254 e. The van der Waals surface area contributed by atoms with Crippen LogP contribution in [-0.4, -0.2) is 30.3 Å². The Morgan fingerprint density at radius 2 is 2.33 bits per heavy atom. The molecule has 3 atom stereocenters. The molecule has 4 rings (SSSR count). The maximum atomic E-state index is 10.7. The van der Waals surface area contributed by atoms with Crippen molar-refractivity contribution in [3.63, 3.8) is 0 Å². The first-order chi connectivity index (χ1) is 10.1. The van der Waals surface area contributed by atoms with Gasteiger partial charge in [-0.2, -0.15) is 14.6 Å². The minimum atomic E-state index is -0.862. The molecule has 6 nitrogen and oxygen atoms in total. The van der Waals surface area contributed by atoms with Crippen LogP contribution >= 0.6 is 0 Å². The second kappa shape index (κ2) is 4.18. The normalized spacial score (nSPS) is 30.6. The summed E-state index contributed by atoms with van der Waals surface area (Å²) in [6, 6.07) is 0. The molecule has 0 aliphatic heterocycles. The van der Waals surface area contributed by atoms with E-state index in [0.717, 1.165) is 19.3 Å². The Hall–Kier alpha value is -2.13. The van der Waals surface area contributed by atoms with E-state index >= 15 is 0 Å². The molecular formula is C15H17N5O. The molecule has 2 bridgehead atoms. The van der Waals surface area contributed by atoms with Crippen LogP contribution in [0.2, 0.25) is 0 Å². The number of anilines is 1. The highest BCUT2D eigenvalue weighted by Crippen LogP contribution is 2.50. The molecule has 2 heterocycles. The highest BCUT2D eigenvalue weighted by Gasteiger charge is 2.49. The number of rotatable bonds is 0. The van der Waals surface area contributed by atoms with Crippen molar-refractivity contribution in [1.82, 2.24) is 19.6 Å². The molecule has 6 heteroatoms. The molecule has 1 unspecified atom stereocenters. The van der Waals surface area contributed by atoms with E-state index in [1.165, 1.54) is 17.3 Å². The molecule has 2 aromatic heterocycles. The monoisotopic (exact) mass is 283 g/mol. The molecule has 2 aliphatic carbocycles. The Bertz CT molecular complexity index is 786. The summed E-state index contributed by atoms with van der Waals surface area (Å²) >= 11 is 0. The van der Waals surface area contributed by atoms with Crippen molar-refractivity contribution in [3.05, 3.63) is 17.6 Å². The lowest BCUT2D eigenvalue weighted by Crippen LogP contribution is -2.33. The van der Waals surface area contributed by atoms with Crippen LogP contribution in [0.15, 0.2) is 6.33 Å². The molecule has 2 saturated carbocycles. The van der Waals surface area contributed by atoms with Gasteiger partial charge in [-0.3, -0.25) is 0 Å². The van der Waals surface area contributed by atoms with Gasteiger partial charge in [-0.1, -0.05) is 11.8 Å². The summed E-state index contributed by atoms with van der Waals surface area (Å²) in [5.41, 5.74) is 6.59. The van der Waals surface area contributed by atoms with Gasteiger partial charge in [0.15, 0.2) is 0 Å². The fourth-order valence-electron chi connectivity index (χ4n) is 3.76. The van der Waals surface area contributed by atoms with Crippen LogP contribution in [0.1, 0.15) is 36.9 Å². The maximum Gasteiger partial charge on any atom is 0.254 e. The lowest BCUT2D eigenvalue weighted by atomic mass is 9.84. The van der Waals surface area contributed by atoms with Gasteiger partial charge in [0, 0.05) is 0 Å². The van der Waals surface area contributed by atoms with Gasteiger partial charge in [-0.05, 0) is 44.4 Å². The number of hydrogen-bond donors (Lipinski definition) is 2. The predicted molar refractivity (Wildman–Crippen MR) is 77.2 cm³/mol. The molecule has 0 radical (unpaired) electrons. The first-order valence-corrected chi connectivity index (χ1v) is 7.28. The van der Waals surface area contributed by atoms with E-state index in [-0.39, 0.29) is 0 Å². The van der Waals surface area contributed by atoms with E-state index in [1.54, 1.807) is 0 Å². The van der Waals surface area contributed by atoms with Crippen molar-refractivity contribution in [3.8, 4) is 11.8 Å². The summed E-state index contributed by atoms with van der Waals surface area (Å²) in [4.78, 5) is 8.36. The van der Waals surface area contributed by atoms with Crippen LogP contribution in [0.4, 0.5) is 5.82 Å². The third-order valence-electron chi connectivity index (χ3n) is 4.86. The fourth-order valence-corrected chi connectivity index (χ4v) is 3.76. The molecule has 2 aromatic rings. The highest BCUT2D eigenvalue weighted by molar-refractivity contribution is 5.57. The molecule has 2 aliphatic rings. The van der Waals surface area contributed by atoms with Crippen molar-refractivity contribution in [1.29, 1.82) is 0 Å². The lowest BCUT2D eigenvalue weighted by molar-refractivity contribution is 0.0438. The van der Waals surface area contributed by atoms with Crippen molar-refractivity contribution in [2.24, 2.45) is 11.8 Å². The van der Waals surface area contributed by atoms with Crippen molar-refractivity contribution in [2.45, 2.75) is 38.2 Å². The Balaban J connectivity index is 1.77. The molecule has 3 N–H and O–H groups in total. The number of nitrogens with zero attached hydrogens (tertiary/aromatic N) is 4. The maximum absolute atomic E-state index is 10.7. The van der Waals surface area contributed by atoms with Gasteiger partial charge in [0.05, 0.1) is 11.3 Å². The summed E-state index contributed by atoms with van der Waals surface area (Å²) in [5.74, 6) is 7.95. The number of aryl methyl sites for hydroxylation is 1. The van der Waals surface area contributed by atoms with Crippen molar-refractivity contribution in [2.75, 3.05) is 5.73 Å². The fraction of sp³-hybridized carbons (Fsp3) is 0.533. The average Bonchev–Trinajstić information content (AvgIpc) is 3.12. The molecule has 2 fully saturated rings. The number of hydrogen-bond acceptors (Lipinski definition) is 5. The van der Waals surface area contributed by atoms with Crippen LogP contribution in [-0.2, 0) is 0 Å². The summed E-state index contributed by atoms with van der Waals surface area (Å²) in [5, 5.41) is 14.8. The lowest BCUT2D eigenvalue weighted by Gasteiger charge is -2.26. The number of nitrogen functional groups attached to an aromatic ring is 1. The molecular weight excluding hydrogens is 266 g/mol. The van der Waals surface area contributed by atoms with Crippen molar-refractivity contribution < 1.29 is 5.11 Å². The van der Waals surface area contributed by atoms with Gasteiger partial charge >= 0.3 is 0 Å². The SMILES string of the molecule is Cc1nc2ncnn2c(N)c1C#CC1(O)C[C@H]2CC[C@@H]1C2. The van der Waals surface area contributed by atoms with Crippen LogP contribution in [0, 0.1) is 30.6 Å². The van der Waals surface area contributed by atoms with Crippen LogP contribution in [0.3, 0.4) is 0 Å². The van der Waals surface area contributed by atoms with Gasteiger partial charge < -0.3 is 10.8 Å². The Labute approximate surface area is 122 Å². The zero-order chi connectivity index (χ0) is 14.6. The van der Waals surface area contributed by atoms with Crippen LogP contribution in [0.25, 0.3) is 5.78 Å². The first-order valence-electron chi connectivity index (χ1n) is 7.28. The third-order valence-corrected chi connectivity index (χ3v) is 4.86. The number of nitrogens with two attached hydrogens (primary N) is 1. The molecule has 0 saturated heterocycles. The van der Waals surface area contributed by atoms with Gasteiger partial charge in [0.25, 0.3) is 5.78 Å². The Kier molecular flexibility index (Phi) is 2.51. The van der Waals surface area contributed by atoms with Gasteiger partial charge in [-0.15, -0.1) is 0 Å².